The summed E-state index contributed by atoms with van der Waals surface area (Å²) in [7, 11) is 0. The predicted molar refractivity (Wildman–Crippen MR) is 84.0 cm³/mol. The van der Waals surface area contributed by atoms with Crippen molar-refractivity contribution in [1.29, 1.82) is 0 Å². The van der Waals surface area contributed by atoms with Crippen molar-refractivity contribution in [3.8, 4) is 0 Å². The van der Waals surface area contributed by atoms with Crippen molar-refractivity contribution >= 4 is 50.6 Å². The fourth-order valence-corrected chi connectivity index (χ4v) is 3.03. The zero-order chi connectivity index (χ0) is 12.5. The summed E-state index contributed by atoms with van der Waals surface area (Å²) >= 11 is 10.4. The third-order valence-electron chi connectivity index (χ3n) is 3.10. The van der Waals surface area contributed by atoms with Crippen molar-refractivity contribution in [1.82, 2.24) is 0 Å². The zero-order valence-corrected chi connectivity index (χ0v) is 12.8. The molecular formula is C12H15BrN2S2. The van der Waals surface area contributed by atoms with E-state index in [0.717, 1.165) is 22.3 Å². The van der Waals surface area contributed by atoms with Crippen LogP contribution in [-0.2, 0) is 0 Å². The maximum Gasteiger partial charge on any atom is 0.104 e. The Labute approximate surface area is 120 Å². The molecule has 1 fully saturated rings. The lowest BCUT2D eigenvalue weighted by Gasteiger charge is -2.15. The second-order valence-corrected chi connectivity index (χ2v) is 6.87. The minimum absolute atomic E-state index is 0.431. The molecular weight excluding hydrogens is 316 g/mol. The summed E-state index contributed by atoms with van der Waals surface area (Å²) in [4.78, 5) is 0.431. The van der Waals surface area contributed by atoms with Crippen LogP contribution in [0.15, 0.2) is 22.7 Å². The van der Waals surface area contributed by atoms with E-state index in [1.54, 1.807) is 0 Å². The highest BCUT2D eigenvalue weighted by Gasteiger charge is 2.41. The monoisotopic (exact) mass is 330 g/mol. The summed E-state index contributed by atoms with van der Waals surface area (Å²) in [5.74, 6) is 0. The summed E-state index contributed by atoms with van der Waals surface area (Å²) in [6.07, 6.45) is 4.80. The maximum atomic E-state index is 5.59. The highest BCUT2D eigenvalue weighted by Crippen LogP contribution is 2.47. The third kappa shape index (κ3) is 3.14. The lowest BCUT2D eigenvalue weighted by Crippen LogP contribution is -2.18. The van der Waals surface area contributed by atoms with Gasteiger partial charge in [-0.05, 0) is 53.2 Å². The molecule has 1 saturated carbocycles. The van der Waals surface area contributed by atoms with E-state index in [4.69, 9.17) is 18.0 Å². The van der Waals surface area contributed by atoms with E-state index in [1.807, 2.05) is 30.0 Å². The Morgan fingerprint density at radius 1 is 1.59 bits per heavy atom. The van der Waals surface area contributed by atoms with Crippen LogP contribution in [0, 0.1) is 0 Å². The van der Waals surface area contributed by atoms with Gasteiger partial charge in [-0.2, -0.15) is 11.8 Å². The molecule has 0 aromatic heterocycles. The number of thioether (sulfide) groups is 1. The average molecular weight is 331 g/mol. The molecule has 2 rings (SSSR count). The summed E-state index contributed by atoms with van der Waals surface area (Å²) in [6.45, 7) is 1.01. The molecule has 0 bridgehead atoms. The van der Waals surface area contributed by atoms with Gasteiger partial charge in [0.05, 0.1) is 0 Å². The number of rotatable bonds is 5. The van der Waals surface area contributed by atoms with Crippen LogP contribution >= 0.6 is 39.9 Å². The van der Waals surface area contributed by atoms with Gasteiger partial charge in [0.25, 0.3) is 0 Å². The molecule has 0 atom stereocenters. The summed E-state index contributed by atoms with van der Waals surface area (Å²) in [5, 5.41) is 3.48. The average Bonchev–Trinajstić information content (AvgIpc) is 3.08. The third-order valence-corrected chi connectivity index (χ3v) is 5.41. The highest BCUT2D eigenvalue weighted by molar-refractivity contribution is 9.10. The molecule has 0 aliphatic heterocycles. The molecule has 0 radical (unpaired) electrons. The summed E-state index contributed by atoms with van der Waals surface area (Å²) in [6, 6.07) is 5.94. The maximum absolute atomic E-state index is 5.59. The van der Waals surface area contributed by atoms with E-state index in [0.29, 0.717) is 9.74 Å². The molecule has 17 heavy (non-hydrogen) atoms. The highest BCUT2D eigenvalue weighted by atomic mass is 79.9. The van der Waals surface area contributed by atoms with E-state index in [-0.39, 0.29) is 0 Å². The molecule has 5 heteroatoms. The SMILES string of the molecule is CSC1(CNc2ccc(C(N)=S)cc2Br)CC1. The van der Waals surface area contributed by atoms with Crippen molar-refractivity contribution in [3.05, 3.63) is 28.2 Å². The molecule has 0 saturated heterocycles. The first kappa shape index (κ1) is 13.2. The van der Waals surface area contributed by atoms with Gasteiger partial charge in [-0.25, -0.2) is 0 Å². The van der Waals surface area contributed by atoms with Gasteiger partial charge in [0.15, 0.2) is 0 Å². The van der Waals surface area contributed by atoms with Gasteiger partial charge in [0.1, 0.15) is 4.99 Å². The zero-order valence-electron chi connectivity index (χ0n) is 9.63. The molecule has 0 amide bonds. The van der Waals surface area contributed by atoms with Crippen LogP contribution in [0.4, 0.5) is 5.69 Å². The van der Waals surface area contributed by atoms with Crippen molar-refractivity contribution in [2.24, 2.45) is 5.73 Å². The van der Waals surface area contributed by atoms with Crippen LogP contribution < -0.4 is 11.1 Å². The Morgan fingerprint density at radius 3 is 2.76 bits per heavy atom. The fraction of sp³-hybridized carbons (Fsp3) is 0.417. The first-order valence-corrected chi connectivity index (χ1v) is 7.87. The van der Waals surface area contributed by atoms with Crippen LogP contribution in [0.2, 0.25) is 0 Å². The fourth-order valence-electron chi connectivity index (χ4n) is 1.66. The summed E-state index contributed by atoms with van der Waals surface area (Å²) in [5.41, 5.74) is 7.59. The van der Waals surface area contributed by atoms with Gasteiger partial charge in [-0.3, -0.25) is 0 Å². The molecule has 3 N–H and O–H groups in total. The second-order valence-electron chi connectivity index (χ2n) is 4.30. The number of halogens is 1. The molecule has 1 aromatic rings. The van der Waals surface area contributed by atoms with E-state index in [1.165, 1.54) is 12.8 Å². The largest absolute Gasteiger partial charge is 0.389 e. The van der Waals surface area contributed by atoms with Crippen molar-refractivity contribution in [2.45, 2.75) is 17.6 Å². The normalized spacial score (nSPS) is 16.6. The van der Waals surface area contributed by atoms with Gasteiger partial charge in [0.2, 0.25) is 0 Å². The van der Waals surface area contributed by atoms with Crippen LogP contribution in [0.3, 0.4) is 0 Å². The van der Waals surface area contributed by atoms with Gasteiger partial charge in [-0.1, -0.05) is 12.2 Å². The number of hydrogen-bond donors (Lipinski definition) is 2. The van der Waals surface area contributed by atoms with E-state index >= 15 is 0 Å². The molecule has 1 aromatic carbocycles. The number of benzene rings is 1. The number of hydrogen-bond acceptors (Lipinski definition) is 3. The molecule has 0 heterocycles. The standard InChI is InChI=1S/C12H15BrN2S2/c1-17-12(4-5-12)7-15-10-3-2-8(11(14)16)6-9(10)13/h2-3,6,15H,4-5,7H2,1H3,(H2,14,16). The van der Waals surface area contributed by atoms with E-state index < -0.39 is 0 Å². The van der Waals surface area contributed by atoms with Crippen LogP contribution in [-0.4, -0.2) is 22.5 Å². The lowest BCUT2D eigenvalue weighted by atomic mass is 10.2. The van der Waals surface area contributed by atoms with Crippen molar-refractivity contribution in [2.75, 3.05) is 18.1 Å². The van der Waals surface area contributed by atoms with Gasteiger partial charge < -0.3 is 11.1 Å². The molecule has 92 valence electrons. The first-order chi connectivity index (χ1) is 8.06. The second kappa shape index (κ2) is 5.16. The number of thiocarbonyl (C=S) groups is 1. The Bertz CT molecular complexity index is 444. The van der Waals surface area contributed by atoms with Gasteiger partial charge in [-0.15, -0.1) is 0 Å². The van der Waals surface area contributed by atoms with Crippen LogP contribution in [0.25, 0.3) is 0 Å². The smallest absolute Gasteiger partial charge is 0.104 e. The number of nitrogens with two attached hydrogens (primary N) is 1. The predicted octanol–water partition coefficient (Wildman–Crippen LogP) is 3.39. The van der Waals surface area contributed by atoms with Crippen LogP contribution in [0.5, 0.6) is 0 Å². The molecule has 0 unspecified atom stereocenters. The van der Waals surface area contributed by atoms with Crippen LogP contribution in [0.1, 0.15) is 18.4 Å². The Morgan fingerprint density at radius 2 is 2.29 bits per heavy atom. The van der Waals surface area contributed by atoms with Crippen molar-refractivity contribution < 1.29 is 0 Å². The minimum Gasteiger partial charge on any atom is -0.389 e. The summed E-state index contributed by atoms with van der Waals surface area (Å²) < 4.78 is 1.47. The Hall–Kier alpha value is -0.260. The first-order valence-electron chi connectivity index (χ1n) is 5.45. The van der Waals surface area contributed by atoms with Gasteiger partial charge in [0, 0.05) is 27.0 Å². The Balaban J connectivity index is 2.04. The molecule has 2 nitrogen and oxygen atoms in total. The molecule has 1 aliphatic carbocycles. The molecule has 0 spiro atoms. The van der Waals surface area contributed by atoms with Crippen molar-refractivity contribution in [3.63, 3.8) is 0 Å². The number of nitrogens with one attached hydrogen (secondary N) is 1. The topological polar surface area (TPSA) is 38.0 Å². The lowest BCUT2D eigenvalue weighted by molar-refractivity contribution is 0.948. The Kier molecular flexibility index (Phi) is 4.00. The molecule has 1 aliphatic rings. The minimum atomic E-state index is 0.431. The van der Waals surface area contributed by atoms with E-state index in [2.05, 4.69) is 27.5 Å². The van der Waals surface area contributed by atoms with Gasteiger partial charge >= 0.3 is 0 Å². The van der Waals surface area contributed by atoms with E-state index in [9.17, 15) is 0 Å². The number of anilines is 1. The quantitative estimate of drug-likeness (QED) is 0.811.